The van der Waals surface area contributed by atoms with Crippen LogP contribution in [0.5, 0.6) is 0 Å². The van der Waals surface area contributed by atoms with Gasteiger partial charge in [-0.3, -0.25) is 4.79 Å². The summed E-state index contributed by atoms with van der Waals surface area (Å²) in [5.74, 6) is -0.0969. The molecule has 1 amide bonds. The van der Waals surface area contributed by atoms with Crippen LogP contribution in [0.2, 0.25) is 0 Å². The molecule has 1 fully saturated rings. The number of rotatable bonds is 4. The van der Waals surface area contributed by atoms with Gasteiger partial charge in [-0.1, -0.05) is 13.8 Å². The Morgan fingerprint density at radius 1 is 1.38 bits per heavy atom. The van der Waals surface area contributed by atoms with Crippen LogP contribution >= 0.6 is 0 Å². The Hall–Kier alpha value is -1.57. The van der Waals surface area contributed by atoms with E-state index in [1.54, 1.807) is 6.07 Å². The number of hydrogen-bond donors (Lipinski definition) is 2. The van der Waals surface area contributed by atoms with Gasteiger partial charge in [-0.2, -0.15) is 0 Å². The van der Waals surface area contributed by atoms with Crippen LogP contribution in [0.3, 0.4) is 0 Å². The summed E-state index contributed by atoms with van der Waals surface area (Å²) in [6, 6.07) is 1.03. The zero-order chi connectivity index (χ0) is 15.4. The van der Waals surface area contributed by atoms with Gasteiger partial charge in [0.05, 0.1) is 19.3 Å². The second-order valence-corrected chi connectivity index (χ2v) is 5.59. The van der Waals surface area contributed by atoms with E-state index in [1.807, 2.05) is 13.8 Å². The molecular weight excluding hydrogens is 274 g/mol. The largest absolute Gasteiger partial charge is 0.388 e. The van der Waals surface area contributed by atoms with Crippen molar-refractivity contribution in [3.05, 3.63) is 24.3 Å². The van der Waals surface area contributed by atoms with E-state index in [4.69, 9.17) is 4.74 Å². The average Bonchev–Trinajstić information content (AvgIpc) is 2.48. The summed E-state index contributed by atoms with van der Waals surface area (Å²) >= 11 is 0. The molecular formula is C14H21N3O4. The fraction of sp³-hybridized carbons (Fsp3) is 0.643. The van der Waals surface area contributed by atoms with Gasteiger partial charge in [0.25, 0.3) is 5.91 Å². The zero-order valence-electron chi connectivity index (χ0n) is 12.2. The topological polar surface area (TPSA) is 95.8 Å². The van der Waals surface area contributed by atoms with Crippen molar-refractivity contribution in [3.8, 4) is 0 Å². The highest BCUT2D eigenvalue weighted by Gasteiger charge is 2.38. The lowest BCUT2D eigenvalue weighted by atomic mass is 10.0. The Bertz CT molecular complexity index is 469. The molecule has 1 aromatic rings. The lowest BCUT2D eigenvalue weighted by Gasteiger charge is -2.39. The highest BCUT2D eigenvalue weighted by Crippen LogP contribution is 2.18. The Kier molecular flexibility index (Phi) is 5.22. The number of nitrogens with zero attached hydrogens (tertiary/aromatic N) is 3. The number of hydrogen-bond acceptors (Lipinski definition) is 6. The molecule has 0 aliphatic carbocycles. The van der Waals surface area contributed by atoms with Gasteiger partial charge >= 0.3 is 0 Å². The van der Waals surface area contributed by atoms with Crippen LogP contribution in [-0.2, 0) is 4.74 Å². The summed E-state index contributed by atoms with van der Waals surface area (Å²) in [4.78, 5) is 22.0. The lowest BCUT2D eigenvalue weighted by Crippen LogP contribution is -2.58. The minimum Gasteiger partial charge on any atom is -0.388 e. The van der Waals surface area contributed by atoms with E-state index >= 15 is 0 Å². The zero-order valence-corrected chi connectivity index (χ0v) is 12.2. The Morgan fingerprint density at radius 3 is 2.67 bits per heavy atom. The van der Waals surface area contributed by atoms with Crippen molar-refractivity contribution in [1.29, 1.82) is 0 Å². The normalized spacial score (nSPS) is 25.9. The summed E-state index contributed by atoms with van der Waals surface area (Å²) < 4.78 is 5.27. The van der Waals surface area contributed by atoms with Crippen molar-refractivity contribution in [2.75, 3.05) is 19.8 Å². The van der Waals surface area contributed by atoms with Gasteiger partial charge in [0.2, 0.25) is 5.82 Å². The summed E-state index contributed by atoms with van der Waals surface area (Å²) in [5, 5.41) is 19.9. The molecule has 0 unspecified atom stereocenters. The van der Waals surface area contributed by atoms with Crippen LogP contribution in [-0.4, -0.2) is 69.0 Å². The molecule has 1 aliphatic heterocycles. The first-order valence-electron chi connectivity index (χ1n) is 7.02. The number of aliphatic hydroxyl groups is 2. The van der Waals surface area contributed by atoms with E-state index in [0.29, 0.717) is 6.54 Å². The van der Waals surface area contributed by atoms with E-state index < -0.39 is 18.2 Å². The van der Waals surface area contributed by atoms with Crippen LogP contribution in [0.25, 0.3) is 0 Å². The molecule has 2 N–H and O–H groups in total. The van der Waals surface area contributed by atoms with E-state index in [1.165, 1.54) is 17.3 Å². The van der Waals surface area contributed by atoms with Gasteiger partial charge in [-0.25, -0.2) is 9.97 Å². The maximum atomic E-state index is 12.6. The third-order valence-electron chi connectivity index (χ3n) is 3.35. The predicted octanol–water partition coefficient (Wildman–Crippen LogP) is -0.305. The standard InChI is InChI=1S/C14H21N3O4/c1-9(2)6-17(10-7-21-8-11(18)12(10)19)14(20)13-15-4-3-5-16-13/h3-5,9-12,18-19H,6-8H2,1-2H3/t10-,11-,12+/m1/s1. The fourth-order valence-corrected chi connectivity index (χ4v) is 2.34. The predicted molar refractivity (Wildman–Crippen MR) is 74.5 cm³/mol. The number of aromatic nitrogens is 2. The van der Waals surface area contributed by atoms with Gasteiger partial charge < -0.3 is 19.8 Å². The van der Waals surface area contributed by atoms with E-state index in [2.05, 4.69) is 9.97 Å². The molecule has 3 atom stereocenters. The van der Waals surface area contributed by atoms with Gasteiger partial charge in [0, 0.05) is 18.9 Å². The maximum Gasteiger partial charge on any atom is 0.292 e. The Morgan fingerprint density at radius 2 is 2.05 bits per heavy atom. The molecule has 2 heterocycles. The van der Waals surface area contributed by atoms with Crippen molar-refractivity contribution >= 4 is 5.91 Å². The van der Waals surface area contributed by atoms with Crippen LogP contribution in [0.15, 0.2) is 18.5 Å². The number of amides is 1. The number of carbonyl (C=O) groups is 1. The molecule has 7 heteroatoms. The van der Waals surface area contributed by atoms with Crippen LogP contribution in [0, 0.1) is 5.92 Å². The lowest BCUT2D eigenvalue weighted by molar-refractivity contribution is -0.126. The first-order valence-corrected chi connectivity index (χ1v) is 7.02. The first-order chi connectivity index (χ1) is 10.0. The molecule has 1 aliphatic rings. The number of carbonyl (C=O) groups excluding carboxylic acids is 1. The van der Waals surface area contributed by atoms with E-state index in [0.717, 1.165) is 0 Å². The molecule has 0 aromatic carbocycles. The molecule has 0 spiro atoms. The van der Waals surface area contributed by atoms with Crippen molar-refractivity contribution in [1.82, 2.24) is 14.9 Å². The van der Waals surface area contributed by atoms with Crippen LogP contribution in [0.4, 0.5) is 0 Å². The highest BCUT2D eigenvalue weighted by atomic mass is 16.5. The van der Waals surface area contributed by atoms with Crippen molar-refractivity contribution < 1.29 is 19.7 Å². The molecule has 2 rings (SSSR count). The summed E-state index contributed by atoms with van der Waals surface area (Å²) in [6.07, 6.45) is 0.959. The van der Waals surface area contributed by atoms with Crippen molar-refractivity contribution in [2.24, 2.45) is 5.92 Å². The SMILES string of the molecule is CC(C)CN(C(=O)c1ncccn1)[C@@H]1COC[C@@H](O)[C@H]1O. The smallest absolute Gasteiger partial charge is 0.292 e. The third kappa shape index (κ3) is 3.75. The number of aliphatic hydroxyl groups excluding tert-OH is 2. The van der Waals surface area contributed by atoms with Crippen molar-refractivity contribution in [2.45, 2.75) is 32.1 Å². The molecule has 7 nitrogen and oxygen atoms in total. The second kappa shape index (κ2) is 6.93. The molecule has 0 radical (unpaired) electrons. The van der Waals surface area contributed by atoms with Gasteiger partial charge in [0.15, 0.2) is 0 Å². The summed E-state index contributed by atoms with van der Waals surface area (Å²) in [6.45, 7) is 4.62. The Balaban J connectivity index is 2.23. The molecule has 116 valence electrons. The summed E-state index contributed by atoms with van der Waals surface area (Å²) in [5.41, 5.74) is 0. The fourth-order valence-electron chi connectivity index (χ4n) is 2.34. The van der Waals surface area contributed by atoms with Crippen molar-refractivity contribution in [3.63, 3.8) is 0 Å². The van der Waals surface area contributed by atoms with Gasteiger partial charge in [0.1, 0.15) is 12.2 Å². The Labute approximate surface area is 123 Å². The average molecular weight is 295 g/mol. The first kappa shape index (κ1) is 15.8. The third-order valence-corrected chi connectivity index (χ3v) is 3.35. The number of ether oxygens (including phenoxy) is 1. The minimum absolute atomic E-state index is 0.0726. The van der Waals surface area contributed by atoms with Crippen LogP contribution in [0.1, 0.15) is 24.5 Å². The molecule has 1 aromatic heterocycles. The quantitative estimate of drug-likeness (QED) is 0.791. The monoisotopic (exact) mass is 295 g/mol. The molecule has 21 heavy (non-hydrogen) atoms. The minimum atomic E-state index is -1.04. The maximum absolute atomic E-state index is 12.6. The second-order valence-electron chi connectivity index (χ2n) is 5.59. The van der Waals surface area contributed by atoms with E-state index in [9.17, 15) is 15.0 Å². The summed E-state index contributed by atoms with van der Waals surface area (Å²) in [7, 11) is 0. The molecule has 0 bridgehead atoms. The van der Waals surface area contributed by atoms with Crippen LogP contribution < -0.4 is 0 Å². The van der Waals surface area contributed by atoms with Gasteiger partial charge in [-0.05, 0) is 12.0 Å². The van der Waals surface area contributed by atoms with Gasteiger partial charge in [-0.15, -0.1) is 0 Å². The van der Waals surface area contributed by atoms with E-state index in [-0.39, 0.29) is 30.9 Å². The highest BCUT2D eigenvalue weighted by molar-refractivity contribution is 5.90. The molecule has 1 saturated heterocycles. The molecule has 0 saturated carbocycles.